The van der Waals surface area contributed by atoms with Crippen LogP contribution < -0.4 is 10.0 Å². The van der Waals surface area contributed by atoms with E-state index < -0.39 is 16.2 Å². The molecule has 0 aliphatic rings. The molecular formula is C21H23N3O4S2. The molecule has 1 unspecified atom stereocenters. The van der Waals surface area contributed by atoms with E-state index in [2.05, 4.69) is 10.3 Å². The average molecular weight is 446 g/mol. The summed E-state index contributed by atoms with van der Waals surface area (Å²) >= 11 is 1.49. The van der Waals surface area contributed by atoms with Gasteiger partial charge < -0.3 is 5.32 Å². The number of hydrogen-bond donors (Lipinski definition) is 3. The number of aryl methyl sites for hydroxylation is 1. The maximum Gasteiger partial charge on any atom is 0.357 e. The topological polar surface area (TPSA) is 108 Å². The number of rotatable bonds is 9. The molecule has 0 aliphatic heterocycles. The number of anilines is 1. The summed E-state index contributed by atoms with van der Waals surface area (Å²) in [5.74, 6) is -0.569. The van der Waals surface area contributed by atoms with E-state index in [1.807, 2.05) is 47.4 Å². The molecule has 30 heavy (non-hydrogen) atoms. The van der Waals surface area contributed by atoms with Crippen molar-refractivity contribution >= 4 is 33.2 Å². The summed E-state index contributed by atoms with van der Waals surface area (Å²) in [4.78, 5) is 17.6. The molecule has 1 atom stereocenters. The summed E-state index contributed by atoms with van der Waals surface area (Å²) in [5.41, 5.74) is 3.06. The van der Waals surface area contributed by atoms with Crippen molar-refractivity contribution in [3.63, 3.8) is 0 Å². The number of nitrogens with zero attached hydrogens (tertiary/aromatic N) is 1. The molecule has 158 valence electrons. The Balaban J connectivity index is 1.65. The van der Waals surface area contributed by atoms with Crippen molar-refractivity contribution in [1.82, 2.24) is 10.3 Å². The van der Waals surface area contributed by atoms with Gasteiger partial charge in [0.1, 0.15) is 10.9 Å². The van der Waals surface area contributed by atoms with Gasteiger partial charge in [-0.2, -0.15) is 8.42 Å². The van der Waals surface area contributed by atoms with Gasteiger partial charge in [-0.25, -0.2) is 4.98 Å². The van der Waals surface area contributed by atoms with Gasteiger partial charge in [0.15, 0.2) is 0 Å². The number of carbonyl (C=O) groups is 1. The fraction of sp³-hybridized carbons (Fsp3) is 0.238. The number of carbonyl (C=O) groups excluding carboxylic acids is 1. The number of hydrogen-bond acceptors (Lipinski definition) is 5. The third kappa shape index (κ3) is 6.12. The largest absolute Gasteiger partial charge is 0.357 e. The van der Waals surface area contributed by atoms with E-state index >= 15 is 0 Å². The third-order valence-corrected chi connectivity index (χ3v) is 5.94. The molecule has 1 aromatic heterocycles. The van der Waals surface area contributed by atoms with Crippen molar-refractivity contribution in [3.05, 3.63) is 81.8 Å². The summed E-state index contributed by atoms with van der Waals surface area (Å²) in [6.07, 6.45) is 1.40. The van der Waals surface area contributed by atoms with Crippen LogP contribution in [0.25, 0.3) is 0 Å². The summed E-state index contributed by atoms with van der Waals surface area (Å²) in [7, 11) is -4.29. The van der Waals surface area contributed by atoms with Crippen molar-refractivity contribution in [2.24, 2.45) is 0 Å². The first kappa shape index (κ1) is 21.9. The van der Waals surface area contributed by atoms with Crippen LogP contribution in [0, 0.1) is 0 Å². The zero-order valence-electron chi connectivity index (χ0n) is 16.4. The Bertz CT molecular complexity index is 1080. The van der Waals surface area contributed by atoms with Crippen LogP contribution in [0.3, 0.4) is 0 Å². The van der Waals surface area contributed by atoms with Gasteiger partial charge in [0.25, 0.3) is 0 Å². The Labute approximate surface area is 180 Å². The molecule has 7 nitrogen and oxygen atoms in total. The lowest BCUT2D eigenvalue weighted by Gasteiger charge is -2.15. The van der Waals surface area contributed by atoms with Gasteiger partial charge in [-0.15, -0.1) is 11.3 Å². The molecule has 3 aromatic rings. The molecular weight excluding hydrogens is 422 g/mol. The van der Waals surface area contributed by atoms with Crippen LogP contribution in [-0.2, 0) is 27.9 Å². The zero-order valence-corrected chi connectivity index (χ0v) is 18.0. The molecule has 0 saturated carbocycles. The monoisotopic (exact) mass is 445 g/mol. The molecule has 1 amide bonds. The predicted octanol–water partition coefficient (Wildman–Crippen LogP) is 3.41. The number of amides is 1. The first-order valence-electron chi connectivity index (χ1n) is 9.47. The molecule has 3 rings (SSSR count). The Morgan fingerprint density at radius 3 is 2.43 bits per heavy atom. The third-order valence-electron chi connectivity index (χ3n) is 4.49. The van der Waals surface area contributed by atoms with E-state index in [1.54, 1.807) is 24.3 Å². The fourth-order valence-corrected chi connectivity index (χ4v) is 4.45. The lowest BCUT2D eigenvalue weighted by molar-refractivity contribution is -0.121. The normalized spacial score (nSPS) is 12.3. The standard InChI is InChI=1S/C21H23N3O4S2/c1-2-17-14-29-21(23-17)19(16-6-4-3-5-7-16)20(25)22-13-12-15-8-10-18(11-9-15)24-30(26,27)28/h3-11,14,19,24H,2,12-13H2,1H3,(H,22,25)(H,26,27,28). The van der Waals surface area contributed by atoms with E-state index in [9.17, 15) is 13.2 Å². The maximum absolute atomic E-state index is 13.0. The lowest BCUT2D eigenvalue weighted by atomic mass is 9.98. The predicted molar refractivity (Wildman–Crippen MR) is 118 cm³/mol. The van der Waals surface area contributed by atoms with Crippen LogP contribution in [-0.4, -0.2) is 30.4 Å². The van der Waals surface area contributed by atoms with E-state index in [4.69, 9.17) is 4.55 Å². The number of aromatic nitrogens is 1. The van der Waals surface area contributed by atoms with E-state index in [0.717, 1.165) is 28.2 Å². The van der Waals surface area contributed by atoms with Gasteiger partial charge in [0, 0.05) is 11.9 Å². The second-order valence-electron chi connectivity index (χ2n) is 6.69. The summed E-state index contributed by atoms with van der Waals surface area (Å²) < 4.78 is 32.5. The summed E-state index contributed by atoms with van der Waals surface area (Å²) in [6.45, 7) is 2.46. The minimum Gasteiger partial charge on any atom is -0.355 e. The van der Waals surface area contributed by atoms with Crippen LogP contribution >= 0.6 is 11.3 Å². The van der Waals surface area contributed by atoms with Crippen molar-refractivity contribution < 1.29 is 17.8 Å². The van der Waals surface area contributed by atoms with Crippen molar-refractivity contribution in [2.45, 2.75) is 25.7 Å². The number of benzene rings is 2. The average Bonchev–Trinajstić information content (AvgIpc) is 3.18. The van der Waals surface area contributed by atoms with E-state index in [1.165, 1.54) is 11.3 Å². The van der Waals surface area contributed by atoms with Crippen molar-refractivity contribution in [2.75, 3.05) is 11.3 Å². The molecule has 0 fully saturated rings. The molecule has 1 heterocycles. The highest BCUT2D eigenvalue weighted by Gasteiger charge is 2.25. The van der Waals surface area contributed by atoms with Crippen LogP contribution in [0.4, 0.5) is 5.69 Å². The molecule has 3 N–H and O–H groups in total. The number of thiazole rings is 1. The quantitative estimate of drug-likeness (QED) is 0.438. The molecule has 0 radical (unpaired) electrons. The van der Waals surface area contributed by atoms with Crippen molar-refractivity contribution in [3.8, 4) is 0 Å². The Hall–Kier alpha value is -2.75. The van der Waals surface area contributed by atoms with Gasteiger partial charge in [-0.05, 0) is 36.1 Å². The first-order valence-corrected chi connectivity index (χ1v) is 11.8. The molecule has 0 bridgehead atoms. The molecule has 9 heteroatoms. The maximum atomic E-state index is 13.0. The molecule has 2 aromatic carbocycles. The highest BCUT2D eigenvalue weighted by atomic mass is 32.2. The Morgan fingerprint density at radius 2 is 1.83 bits per heavy atom. The van der Waals surface area contributed by atoms with E-state index in [-0.39, 0.29) is 11.6 Å². The smallest absolute Gasteiger partial charge is 0.355 e. The van der Waals surface area contributed by atoms with Gasteiger partial charge >= 0.3 is 10.3 Å². The van der Waals surface area contributed by atoms with Gasteiger partial charge in [0.2, 0.25) is 5.91 Å². The van der Waals surface area contributed by atoms with Gasteiger partial charge in [-0.3, -0.25) is 14.1 Å². The minimum absolute atomic E-state index is 0.108. The fourth-order valence-electron chi connectivity index (χ4n) is 2.99. The van der Waals surface area contributed by atoms with Crippen LogP contribution in [0.5, 0.6) is 0 Å². The van der Waals surface area contributed by atoms with Crippen LogP contribution in [0.15, 0.2) is 60.0 Å². The van der Waals surface area contributed by atoms with Crippen LogP contribution in [0.1, 0.15) is 34.7 Å². The van der Waals surface area contributed by atoms with Crippen LogP contribution in [0.2, 0.25) is 0 Å². The highest BCUT2D eigenvalue weighted by molar-refractivity contribution is 7.87. The second-order valence-corrected chi connectivity index (χ2v) is 8.73. The Morgan fingerprint density at radius 1 is 1.13 bits per heavy atom. The van der Waals surface area contributed by atoms with E-state index in [0.29, 0.717) is 13.0 Å². The summed E-state index contributed by atoms with van der Waals surface area (Å²) in [5, 5.41) is 5.75. The minimum atomic E-state index is -4.29. The second kappa shape index (κ2) is 9.84. The number of nitrogens with one attached hydrogen (secondary N) is 2. The Kier molecular flexibility index (Phi) is 7.20. The van der Waals surface area contributed by atoms with Gasteiger partial charge in [0.05, 0.1) is 11.4 Å². The first-order chi connectivity index (χ1) is 14.4. The molecule has 0 aliphatic carbocycles. The lowest BCUT2D eigenvalue weighted by Crippen LogP contribution is -2.31. The SMILES string of the molecule is CCc1csc(C(C(=O)NCCc2ccc(NS(=O)(=O)O)cc2)c2ccccc2)n1. The highest BCUT2D eigenvalue weighted by Crippen LogP contribution is 2.28. The zero-order chi connectivity index (χ0) is 21.6. The van der Waals surface area contributed by atoms with Crippen molar-refractivity contribution in [1.29, 1.82) is 0 Å². The van der Waals surface area contributed by atoms with Gasteiger partial charge in [-0.1, -0.05) is 49.4 Å². The molecule has 0 saturated heterocycles. The summed E-state index contributed by atoms with van der Waals surface area (Å²) in [6, 6.07) is 16.2. The molecule has 0 spiro atoms.